The summed E-state index contributed by atoms with van der Waals surface area (Å²) in [6.45, 7) is 0. The Hall–Kier alpha value is 0.262. The molecule has 0 aliphatic heterocycles. The molecule has 0 saturated heterocycles. The predicted octanol–water partition coefficient (Wildman–Crippen LogP) is -4.33. The first-order valence-electron chi connectivity index (χ1n) is 0.775. The van der Waals surface area contributed by atoms with Crippen molar-refractivity contribution in [1.29, 1.82) is 0 Å². The molecule has 0 amide bonds. The summed E-state index contributed by atoms with van der Waals surface area (Å²) in [5.41, 5.74) is 0. The minimum atomic E-state index is -2.17. The fraction of sp³-hybridized carbons (Fsp3) is 0. The molecule has 0 unspecified atom stereocenters. The van der Waals surface area contributed by atoms with Crippen molar-refractivity contribution in [1.82, 2.24) is 0 Å². The van der Waals surface area contributed by atoms with E-state index in [0.29, 0.717) is 0 Å². The van der Waals surface area contributed by atoms with Crippen LogP contribution in [0, 0.1) is 0 Å². The molecule has 0 rings (SSSR count). The SMILES string of the molecule is F.F.F.F.OB(O)O.[H-].[Li+]. The molecule has 0 aliphatic carbocycles. The van der Waals surface area contributed by atoms with E-state index in [2.05, 4.69) is 0 Å². The fourth-order valence-electron chi connectivity index (χ4n) is 0. The molecule has 0 spiro atoms. The first kappa shape index (κ1) is 59.4. The monoisotopic (exact) mass is 150 g/mol. The molecule has 58 valence electrons. The molecule has 3 nitrogen and oxygen atoms in total. The zero-order chi connectivity index (χ0) is 3.58. The van der Waals surface area contributed by atoms with E-state index >= 15 is 0 Å². The van der Waals surface area contributed by atoms with Gasteiger partial charge in [-0.2, -0.15) is 0 Å². The van der Waals surface area contributed by atoms with E-state index in [1.807, 2.05) is 0 Å². The molecule has 0 radical (unpaired) electrons. The molecule has 0 heterocycles. The van der Waals surface area contributed by atoms with Gasteiger partial charge in [-0.05, 0) is 0 Å². The molecule has 9 heavy (non-hydrogen) atoms. The van der Waals surface area contributed by atoms with Gasteiger partial charge >= 0.3 is 26.2 Å². The maximum atomic E-state index is 7.17. The average molecular weight is 150 g/mol. The van der Waals surface area contributed by atoms with Gasteiger partial charge in [-0.15, -0.1) is 0 Å². The fourth-order valence-corrected chi connectivity index (χ4v) is 0. The topological polar surface area (TPSA) is 60.7 Å². The molecule has 0 atom stereocenters. The third-order valence-corrected chi connectivity index (χ3v) is 0. The largest absolute Gasteiger partial charge is 1.00 e. The van der Waals surface area contributed by atoms with Gasteiger partial charge in [0, 0.05) is 0 Å². The van der Waals surface area contributed by atoms with Crippen LogP contribution < -0.4 is 18.9 Å². The minimum Gasteiger partial charge on any atom is -1.00 e. The zero-order valence-corrected chi connectivity index (χ0v) is 4.55. The summed E-state index contributed by atoms with van der Waals surface area (Å²) in [4.78, 5) is 0. The van der Waals surface area contributed by atoms with Gasteiger partial charge in [0.1, 0.15) is 0 Å². The summed E-state index contributed by atoms with van der Waals surface area (Å²) in [7, 11) is -2.17. The Morgan fingerprint density at radius 3 is 0.778 bits per heavy atom. The minimum absolute atomic E-state index is 0. The molecule has 0 aromatic heterocycles. The van der Waals surface area contributed by atoms with Crippen LogP contribution in [0.25, 0.3) is 0 Å². The van der Waals surface area contributed by atoms with Crippen LogP contribution in [-0.4, -0.2) is 22.4 Å². The van der Waals surface area contributed by atoms with Gasteiger partial charge in [-0.25, -0.2) is 0 Å². The Morgan fingerprint density at radius 2 is 0.778 bits per heavy atom. The van der Waals surface area contributed by atoms with Crippen molar-refractivity contribution in [3.8, 4) is 0 Å². The van der Waals surface area contributed by atoms with Crippen molar-refractivity contribution in [2.45, 2.75) is 0 Å². The number of hydrogen-bond acceptors (Lipinski definition) is 3. The smallest absolute Gasteiger partial charge is 1.00 e. The van der Waals surface area contributed by atoms with E-state index in [1.165, 1.54) is 0 Å². The van der Waals surface area contributed by atoms with Crippen LogP contribution in [-0.2, 0) is 0 Å². The van der Waals surface area contributed by atoms with Crippen LogP contribution in [0.15, 0.2) is 0 Å². The molecule has 0 aromatic carbocycles. The maximum absolute atomic E-state index is 7.17. The standard InChI is InChI=1S/BH3O3.4FH.Li.H/c2-1(3)4;;;;;;/h2-4H;4*1H;;/q;;;;;+1;-1. The molecule has 0 fully saturated rings. The summed E-state index contributed by atoms with van der Waals surface area (Å²) >= 11 is 0. The van der Waals surface area contributed by atoms with Gasteiger partial charge in [0.05, 0.1) is 0 Å². The third-order valence-electron chi connectivity index (χ3n) is 0. The maximum Gasteiger partial charge on any atom is 1.00 e. The number of rotatable bonds is 0. The van der Waals surface area contributed by atoms with Gasteiger partial charge in [0.15, 0.2) is 0 Å². The normalized spacial score (nSPS) is 3.00. The molecular weight excluding hydrogens is 142 g/mol. The Bertz CT molecular complexity index is 25.2. The molecule has 9 heteroatoms. The van der Waals surface area contributed by atoms with Crippen molar-refractivity contribution in [3.05, 3.63) is 0 Å². The van der Waals surface area contributed by atoms with Crippen LogP contribution in [0.1, 0.15) is 1.43 Å². The second-order valence-electron chi connectivity index (χ2n) is 0.346. The summed E-state index contributed by atoms with van der Waals surface area (Å²) < 4.78 is 0. The molecule has 3 N–H and O–H groups in total. The summed E-state index contributed by atoms with van der Waals surface area (Å²) in [6, 6.07) is 0. The summed E-state index contributed by atoms with van der Waals surface area (Å²) in [6.07, 6.45) is 0. The first-order valence-corrected chi connectivity index (χ1v) is 0.775. The Balaban J connectivity index is -0.00000000300. The summed E-state index contributed by atoms with van der Waals surface area (Å²) in [5, 5.41) is 21.5. The van der Waals surface area contributed by atoms with Crippen LogP contribution in [0.2, 0.25) is 0 Å². The van der Waals surface area contributed by atoms with Gasteiger partial charge in [-0.1, -0.05) is 0 Å². The summed E-state index contributed by atoms with van der Waals surface area (Å²) in [5.74, 6) is 0. The van der Waals surface area contributed by atoms with Crippen LogP contribution in [0.4, 0.5) is 18.8 Å². The molecule has 0 saturated carbocycles. The van der Waals surface area contributed by atoms with E-state index in [1.54, 1.807) is 0 Å². The van der Waals surface area contributed by atoms with E-state index < -0.39 is 7.32 Å². The zero-order valence-electron chi connectivity index (χ0n) is 5.55. The van der Waals surface area contributed by atoms with E-state index in [-0.39, 0.29) is 39.1 Å². The van der Waals surface area contributed by atoms with Crippen molar-refractivity contribution >= 4 is 7.32 Å². The Kier molecular flexibility index (Phi) is 270. The van der Waals surface area contributed by atoms with Gasteiger partial charge < -0.3 is 16.5 Å². The second kappa shape index (κ2) is 40.9. The quantitative estimate of drug-likeness (QED) is 0.241. The van der Waals surface area contributed by atoms with E-state index in [4.69, 9.17) is 15.1 Å². The molecule has 0 aliphatic rings. The molecule has 0 aromatic rings. The second-order valence-corrected chi connectivity index (χ2v) is 0.346. The van der Waals surface area contributed by atoms with Crippen LogP contribution in [0.5, 0.6) is 0 Å². The van der Waals surface area contributed by atoms with Crippen LogP contribution >= 0.6 is 0 Å². The molecular formula is H8BF4LiO3. The predicted molar refractivity (Wildman–Crippen MR) is 23.5 cm³/mol. The van der Waals surface area contributed by atoms with Crippen molar-refractivity contribution in [3.63, 3.8) is 0 Å². The first-order chi connectivity index (χ1) is 1.73. The van der Waals surface area contributed by atoms with Gasteiger partial charge in [-0.3, -0.25) is 18.8 Å². The van der Waals surface area contributed by atoms with Crippen LogP contribution in [0.3, 0.4) is 0 Å². The van der Waals surface area contributed by atoms with Gasteiger partial charge in [0.25, 0.3) is 0 Å². The van der Waals surface area contributed by atoms with Crippen molar-refractivity contribution in [2.75, 3.05) is 0 Å². The number of hydrogen-bond donors (Lipinski definition) is 3. The van der Waals surface area contributed by atoms with Gasteiger partial charge in [0.2, 0.25) is 0 Å². The average Bonchev–Trinajstić information content (AvgIpc) is 0.811. The number of halogens is 4. The Morgan fingerprint density at radius 1 is 0.778 bits per heavy atom. The van der Waals surface area contributed by atoms with E-state index in [0.717, 1.165) is 0 Å². The molecule has 0 bridgehead atoms. The van der Waals surface area contributed by atoms with E-state index in [9.17, 15) is 0 Å². The van der Waals surface area contributed by atoms with Crippen molar-refractivity contribution < 1.29 is 54.2 Å². The third kappa shape index (κ3) is 4710. The van der Waals surface area contributed by atoms with Crippen molar-refractivity contribution in [2.24, 2.45) is 0 Å². The Labute approximate surface area is 62.4 Å².